The number of nitrogens with zero attached hydrogens (tertiary/aromatic N) is 1. The third-order valence-corrected chi connectivity index (χ3v) is 3.44. The molecule has 0 fully saturated rings. The summed E-state index contributed by atoms with van der Waals surface area (Å²) in [6.07, 6.45) is 2.58. The maximum atomic E-state index is 12.2. The van der Waals surface area contributed by atoms with E-state index in [1.807, 2.05) is 13.8 Å². The average Bonchev–Trinajstić information content (AvgIpc) is 2.45. The molecule has 21 heavy (non-hydrogen) atoms. The van der Waals surface area contributed by atoms with Crippen molar-refractivity contribution in [2.75, 3.05) is 5.43 Å². The van der Waals surface area contributed by atoms with Crippen molar-refractivity contribution in [3.05, 3.63) is 32.8 Å². The van der Waals surface area contributed by atoms with Crippen LogP contribution in [0.1, 0.15) is 43.5 Å². The molecule has 1 atom stereocenters. The van der Waals surface area contributed by atoms with Crippen molar-refractivity contribution >= 4 is 28.9 Å². The number of nitrogens with two attached hydrogens (primary N) is 1. The summed E-state index contributed by atoms with van der Waals surface area (Å²) in [6, 6.07) is 2.56. The smallest absolute Gasteiger partial charge is 0.295 e. The van der Waals surface area contributed by atoms with Gasteiger partial charge in [0.2, 0.25) is 0 Å². The minimum Gasteiger partial charge on any atom is -0.349 e. The lowest BCUT2D eigenvalue weighted by molar-refractivity contribution is -0.384. The molecule has 1 aromatic carbocycles. The predicted octanol–water partition coefficient (Wildman–Crippen LogP) is 2.84. The van der Waals surface area contributed by atoms with Gasteiger partial charge in [0.1, 0.15) is 5.69 Å². The van der Waals surface area contributed by atoms with Crippen molar-refractivity contribution in [3.63, 3.8) is 0 Å². The highest BCUT2D eigenvalue weighted by molar-refractivity contribution is 6.34. The fourth-order valence-corrected chi connectivity index (χ4v) is 2.27. The standard InChI is InChI=1S/C13H19ClN4O3/c1-3-5-9(4-2)16-13(19)8-6-10(14)12(17-15)11(7-8)18(20)21/h6-7,9,17H,3-5,15H2,1-2H3,(H,16,19). The SMILES string of the molecule is CCCC(CC)NC(=O)c1cc(Cl)c(NN)c([N+](=O)[O-])c1. The largest absolute Gasteiger partial charge is 0.349 e. The summed E-state index contributed by atoms with van der Waals surface area (Å²) in [4.78, 5) is 22.5. The molecule has 116 valence electrons. The van der Waals surface area contributed by atoms with E-state index in [1.165, 1.54) is 6.07 Å². The first-order chi connectivity index (χ1) is 9.94. The average molecular weight is 315 g/mol. The number of benzene rings is 1. The Bertz CT molecular complexity index is 536. The summed E-state index contributed by atoms with van der Waals surface area (Å²) in [5, 5.41) is 13.9. The second-order valence-electron chi connectivity index (χ2n) is 4.62. The molecule has 7 nitrogen and oxygen atoms in total. The number of amides is 1. The first-order valence-corrected chi connectivity index (χ1v) is 7.07. The van der Waals surface area contributed by atoms with Crippen LogP contribution in [0.4, 0.5) is 11.4 Å². The second kappa shape index (κ2) is 7.80. The van der Waals surface area contributed by atoms with Gasteiger partial charge in [-0.3, -0.25) is 20.8 Å². The molecule has 0 aromatic heterocycles. The van der Waals surface area contributed by atoms with Crippen LogP contribution in [-0.4, -0.2) is 16.9 Å². The lowest BCUT2D eigenvalue weighted by Crippen LogP contribution is -2.34. The van der Waals surface area contributed by atoms with E-state index < -0.39 is 4.92 Å². The van der Waals surface area contributed by atoms with Crippen molar-refractivity contribution < 1.29 is 9.72 Å². The highest BCUT2D eigenvalue weighted by atomic mass is 35.5. The zero-order valence-electron chi connectivity index (χ0n) is 12.0. The Morgan fingerprint density at radius 2 is 2.14 bits per heavy atom. The van der Waals surface area contributed by atoms with Gasteiger partial charge < -0.3 is 10.7 Å². The topological polar surface area (TPSA) is 110 Å². The van der Waals surface area contributed by atoms with Gasteiger partial charge in [0.25, 0.3) is 11.6 Å². The van der Waals surface area contributed by atoms with E-state index >= 15 is 0 Å². The fraction of sp³-hybridized carbons (Fsp3) is 0.462. The molecule has 1 unspecified atom stereocenters. The molecule has 0 heterocycles. The number of hydrogen-bond donors (Lipinski definition) is 3. The van der Waals surface area contributed by atoms with Gasteiger partial charge in [-0.25, -0.2) is 0 Å². The first-order valence-electron chi connectivity index (χ1n) is 6.69. The summed E-state index contributed by atoms with van der Waals surface area (Å²) in [6.45, 7) is 4.00. The van der Waals surface area contributed by atoms with Gasteiger partial charge >= 0.3 is 0 Å². The number of anilines is 1. The zero-order chi connectivity index (χ0) is 16.0. The number of nitrogen functional groups attached to an aromatic ring is 1. The van der Waals surface area contributed by atoms with Gasteiger partial charge in [-0.1, -0.05) is 31.9 Å². The number of carbonyl (C=O) groups excluding carboxylic acids is 1. The number of rotatable bonds is 7. The van der Waals surface area contributed by atoms with E-state index in [-0.39, 0.29) is 33.9 Å². The summed E-state index contributed by atoms with van der Waals surface area (Å²) in [5.41, 5.74) is 1.97. The maximum Gasteiger partial charge on any atom is 0.295 e. The van der Waals surface area contributed by atoms with Gasteiger partial charge in [0.15, 0.2) is 0 Å². The molecule has 8 heteroatoms. The normalized spacial score (nSPS) is 11.8. The predicted molar refractivity (Wildman–Crippen MR) is 82.4 cm³/mol. The lowest BCUT2D eigenvalue weighted by Gasteiger charge is -2.16. The molecule has 0 aliphatic heterocycles. The quantitative estimate of drug-likeness (QED) is 0.407. The van der Waals surface area contributed by atoms with Crippen LogP contribution in [0.3, 0.4) is 0 Å². The summed E-state index contributed by atoms with van der Waals surface area (Å²) in [5.74, 6) is 4.83. The number of nitrogens with one attached hydrogen (secondary N) is 2. The summed E-state index contributed by atoms with van der Waals surface area (Å²) < 4.78 is 0. The molecule has 0 radical (unpaired) electrons. The van der Waals surface area contributed by atoms with Gasteiger partial charge in [-0.05, 0) is 18.9 Å². The molecular formula is C13H19ClN4O3. The van der Waals surface area contributed by atoms with Crippen LogP contribution >= 0.6 is 11.6 Å². The lowest BCUT2D eigenvalue weighted by atomic mass is 10.1. The Hall–Kier alpha value is -1.86. The molecule has 4 N–H and O–H groups in total. The molecule has 1 rings (SSSR count). The fourth-order valence-electron chi connectivity index (χ4n) is 2.01. The molecule has 0 bridgehead atoms. The van der Waals surface area contributed by atoms with E-state index in [0.717, 1.165) is 25.3 Å². The van der Waals surface area contributed by atoms with Crippen molar-refractivity contribution in [3.8, 4) is 0 Å². The van der Waals surface area contributed by atoms with Crippen molar-refractivity contribution in [2.45, 2.75) is 39.2 Å². The van der Waals surface area contributed by atoms with Gasteiger partial charge in [0.05, 0.1) is 9.95 Å². The van der Waals surface area contributed by atoms with E-state index in [4.69, 9.17) is 17.4 Å². The molecule has 0 aliphatic carbocycles. The maximum absolute atomic E-state index is 12.2. The van der Waals surface area contributed by atoms with Crippen molar-refractivity contribution in [1.29, 1.82) is 0 Å². The zero-order valence-corrected chi connectivity index (χ0v) is 12.7. The van der Waals surface area contributed by atoms with E-state index in [9.17, 15) is 14.9 Å². The van der Waals surface area contributed by atoms with Crippen LogP contribution in [0.25, 0.3) is 0 Å². The van der Waals surface area contributed by atoms with Crippen molar-refractivity contribution in [2.24, 2.45) is 5.84 Å². The Kier molecular flexibility index (Phi) is 6.39. The van der Waals surface area contributed by atoms with Crippen LogP contribution in [0.5, 0.6) is 0 Å². The van der Waals surface area contributed by atoms with Gasteiger partial charge in [0, 0.05) is 17.7 Å². The third kappa shape index (κ3) is 4.30. The van der Waals surface area contributed by atoms with Crippen LogP contribution in [0.15, 0.2) is 12.1 Å². The highest BCUT2D eigenvalue weighted by Gasteiger charge is 2.21. The van der Waals surface area contributed by atoms with E-state index in [2.05, 4.69) is 10.7 Å². The molecule has 0 spiro atoms. The summed E-state index contributed by atoms with van der Waals surface area (Å²) in [7, 11) is 0. The van der Waals surface area contributed by atoms with E-state index in [0.29, 0.717) is 0 Å². The molecule has 0 saturated heterocycles. The Labute approximate surface area is 128 Å². The number of carbonyl (C=O) groups is 1. The van der Waals surface area contributed by atoms with Crippen LogP contribution in [-0.2, 0) is 0 Å². The van der Waals surface area contributed by atoms with Gasteiger partial charge in [-0.2, -0.15) is 0 Å². The number of nitro groups is 1. The molecule has 0 saturated carbocycles. The highest BCUT2D eigenvalue weighted by Crippen LogP contribution is 2.33. The monoisotopic (exact) mass is 314 g/mol. The Morgan fingerprint density at radius 1 is 1.48 bits per heavy atom. The van der Waals surface area contributed by atoms with Crippen LogP contribution < -0.4 is 16.6 Å². The van der Waals surface area contributed by atoms with Crippen LogP contribution in [0.2, 0.25) is 5.02 Å². The molecule has 1 amide bonds. The molecule has 0 aliphatic rings. The first kappa shape index (κ1) is 17.2. The van der Waals surface area contributed by atoms with Gasteiger partial charge in [-0.15, -0.1) is 0 Å². The molecule has 1 aromatic rings. The van der Waals surface area contributed by atoms with E-state index in [1.54, 1.807) is 0 Å². The Morgan fingerprint density at radius 3 is 2.62 bits per heavy atom. The Balaban J connectivity index is 3.08. The third-order valence-electron chi connectivity index (χ3n) is 3.14. The number of halogens is 1. The number of hydrazine groups is 1. The van der Waals surface area contributed by atoms with Crippen molar-refractivity contribution in [1.82, 2.24) is 5.32 Å². The molecular weight excluding hydrogens is 296 g/mol. The number of nitro benzene ring substituents is 1. The minimum atomic E-state index is -0.638. The summed E-state index contributed by atoms with van der Waals surface area (Å²) >= 11 is 5.93. The minimum absolute atomic E-state index is 0.0150. The number of hydrogen-bond acceptors (Lipinski definition) is 5. The van der Waals surface area contributed by atoms with Crippen LogP contribution in [0, 0.1) is 10.1 Å². The second-order valence-corrected chi connectivity index (χ2v) is 5.03.